The fourth-order valence-electron chi connectivity index (χ4n) is 2.18. The van der Waals surface area contributed by atoms with Gasteiger partial charge in [-0.05, 0) is 19.4 Å². The van der Waals surface area contributed by atoms with Gasteiger partial charge in [-0.2, -0.15) is 0 Å². The zero-order chi connectivity index (χ0) is 15.8. The van der Waals surface area contributed by atoms with E-state index in [0.29, 0.717) is 12.2 Å². The maximum Gasteiger partial charge on any atom is 0.308 e. The average Bonchev–Trinajstić information content (AvgIpc) is 2.43. The molecule has 1 unspecified atom stereocenters. The van der Waals surface area contributed by atoms with Gasteiger partial charge < -0.3 is 15.2 Å². The summed E-state index contributed by atoms with van der Waals surface area (Å²) < 4.78 is 5.23. The number of nitrogens with one attached hydrogen (secondary N) is 1. The standard InChI is InChI=1S/C16H23NO4/c1-4-5-12(16(19)20)10-17-15(18)9-13-8-11(2)6-7-14(13)21-3/h6-8,12H,4-5,9-10H2,1-3H3,(H,17,18)(H,19,20). The van der Waals surface area contributed by atoms with Gasteiger partial charge in [0.05, 0.1) is 19.4 Å². The summed E-state index contributed by atoms with van der Waals surface area (Å²) >= 11 is 0. The molecule has 0 saturated heterocycles. The topological polar surface area (TPSA) is 75.6 Å². The van der Waals surface area contributed by atoms with Gasteiger partial charge >= 0.3 is 5.97 Å². The SMILES string of the molecule is CCCC(CNC(=O)Cc1cc(C)ccc1OC)C(=O)O. The third kappa shape index (κ3) is 5.45. The van der Waals surface area contributed by atoms with E-state index in [1.165, 1.54) is 0 Å². The molecule has 0 radical (unpaired) electrons. The van der Waals surface area contributed by atoms with E-state index in [-0.39, 0.29) is 18.9 Å². The van der Waals surface area contributed by atoms with Gasteiger partial charge in [-0.15, -0.1) is 0 Å². The van der Waals surface area contributed by atoms with Crippen molar-refractivity contribution < 1.29 is 19.4 Å². The Hall–Kier alpha value is -2.04. The molecular formula is C16H23NO4. The first kappa shape index (κ1) is 17.0. The fraction of sp³-hybridized carbons (Fsp3) is 0.500. The summed E-state index contributed by atoms with van der Waals surface area (Å²) in [7, 11) is 1.56. The lowest BCUT2D eigenvalue weighted by molar-refractivity contribution is -0.141. The van der Waals surface area contributed by atoms with Crippen molar-refractivity contribution in [3.8, 4) is 5.75 Å². The molecule has 0 fully saturated rings. The zero-order valence-electron chi connectivity index (χ0n) is 12.8. The van der Waals surface area contributed by atoms with Crippen LogP contribution in [0.25, 0.3) is 0 Å². The summed E-state index contributed by atoms with van der Waals surface area (Å²) in [5.41, 5.74) is 1.85. The molecule has 5 heteroatoms. The van der Waals surface area contributed by atoms with Crippen LogP contribution in [-0.4, -0.2) is 30.6 Å². The molecule has 21 heavy (non-hydrogen) atoms. The number of carboxylic acid groups (broad SMARTS) is 1. The average molecular weight is 293 g/mol. The second-order valence-electron chi connectivity index (χ2n) is 5.12. The van der Waals surface area contributed by atoms with Crippen LogP contribution in [0, 0.1) is 12.8 Å². The Morgan fingerprint density at radius 3 is 2.67 bits per heavy atom. The highest BCUT2D eigenvalue weighted by molar-refractivity contribution is 5.80. The third-order valence-electron chi connectivity index (χ3n) is 3.32. The highest BCUT2D eigenvalue weighted by Gasteiger charge is 2.17. The van der Waals surface area contributed by atoms with Gasteiger partial charge in [0.25, 0.3) is 0 Å². The first-order chi connectivity index (χ1) is 9.97. The lowest BCUT2D eigenvalue weighted by Gasteiger charge is -2.13. The van der Waals surface area contributed by atoms with Crippen molar-refractivity contribution in [3.05, 3.63) is 29.3 Å². The maximum atomic E-state index is 12.0. The zero-order valence-corrected chi connectivity index (χ0v) is 12.8. The minimum atomic E-state index is -0.870. The molecule has 0 aliphatic carbocycles. The molecule has 1 aromatic rings. The number of methoxy groups -OCH3 is 1. The van der Waals surface area contributed by atoms with E-state index < -0.39 is 11.9 Å². The molecule has 5 nitrogen and oxygen atoms in total. The van der Waals surface area contributed by atoms with Gasteiger partial charge in [0.1, 0.15) is 5.75 Å². The highest BCUT2D eigenvalue weighted by atomic mass is 16.5. The molecule has 1 amide bonds. The van der Waals surface area contributed by atoms with E-state index in [4.69, 9.17) is 9.84 Å². The summed E-state index contributed by atoms with van der Waals surface area (Å²) in [6.45, 7) is 4.04. The molecule has 2 N–H and O–H groups in total. The lowest BCUT2D eigenvalue weighted by Crippen LogP contribution is -2.33. The minimum absolute atomic E-state index is 0.163. The van der Waals surface area contributed by atoms with Crippen LogP contribution in [-0.2, 0) is 16.0 Å². The molecular weight excluding hydrogens is 270 g/mol. The second kappa shape index (κ2) is 8.29. The number of aliphatic carboxylic acids is 1. The van der Waals surface area contributed by atoms with E-state index in [0.717, 1.165) is 17.5 Å². The number of hydrogen-bond donors (Lipinski definition) is 2. The van der Waals surface area contributed by atoms with Gasteiger partial charge in [-0.3, -0.25) is 9.59 Å². The first-order valence-electron chi connectivity index (χ1n) is 7.11. The van der Waals surface area contributed by atoms with E-state index in [1.807, 2.05) is 32.0 Å². The molecule has 0 saturated carbocycles. The Labute approximate surface area is 125 Å². The summed E-state index contributed by atoms with van der Waals surface area (Å²) in [4.78, 5) is 23.0. The van der Waals surface area contributed by atoms with Gasteiger partial charge in [-0.25, -0.2) is 0 Å². The number of carboxylic acids is 1. The van der Waals surface area contributed by atoms with Crippen molar-refractivity contribution in [2.75, 3.05) is 13.7 Å². The van der Waals surface area contributed by atoms with Crippen LogP contribution in [0.4, 0.5) is 0 Å². The molecule has 0 aliphatic heterocycles. The normalized spacial score (nSPS) is 11.8. The van der Waals surface area contributed by atoms with Crippen LogP contribution in [0.5, 0.6) is 5.75 Å². The Bertz CT molecular complexity index is 499. The molecule has 1 atom stereocenters. The van der Waals surface area contributed by atoms with Crippen LogP contribution in [0.3, 0.4) is 0 Å². The van der Waals surface area contributed by atoms with Crippen molar-refractivity contribution in [3.63, 3.8) is 0 Å². The molecule has 1 rings (SSSR count). The Balaban J connectivity index is 2.61. The van der Waals surface area contributed by atoms with Crippen LogP contribution in [0.1, 0.15) is 30.9 Å². The number of benzene rings is 1. The van der Waals surface area contributed by atoms with Crippen molar-refractivity contribution in [2.45, 2.75) is 33.1 Å². The van der Waals surface area contributed by atoms with E-state index in [9.17, 15) is 9.59 Å². The highest BCUT2D eigenvalue weighted by Crippen LogP contribution is 2.20. The Morgan fingerprint density at radius 2 is 2.10 bits per heavy atom. The van der Waals surface area contributed by atoms with Gasteiger partial charge in [0.15, 0.2) is 0 Å². The van der Waals surface area contributed by atoms with Crippen LogP contribution < -0.4 is 10.1 Å². The monoisotopic (exact) mass is 293 g/mol. The van der Waals surface area contributed by atoms with Crippen molar-refractivity contribution in [1.29, 1.82) is 0 Å². The summed E-state index contributed by atoms with van der Waals surface area (Å²) in [6, 6.07) is 5.65. The number of rotatable bonds is 8. The van der Waals surface area contributed by atoms with Crippen LogP contribution in [0.2, 0.25) is 0 Å². The summed E-state index contributed by atoms with van der Waals surface area (Å²) in [5, 5.41) is 11.7. The number of carbonyl (C=O) groups is 2. The molecule has 0 aromatic heterocycles. The predicted molar refractivity (Wildman–Crippen MR) is 80.5 cm³/mol. The molecule has 0 heterocycles. The fourth-order valence-corrected chi connectivity index (χ4v) is 2.18. The molecule has 0 spiro atoms. The summed E-state index contributed by atoms with van der Waals surface area (Å²) in [5.74, 6) is -0.927. The summed E-state index contributed by atoms with van der Waals surface area (Å²) in [6.07, 6.45) is 1.52. The van der Waals surface area contributed by atoms with E-state index in [2.05, 4.69) is 5.32 Å². The van der Waals surface area contributed by atoms with E-state index in [1.54, 1.807) is 7.11 Å². The lowest BCUT2D eigenvalue weighted by atomic mass is 10.0. The molecule has 0 bridgehead atoms. The Morgan fingerprint density at radius 1 is 1.38 bits per heavy atom. The largest absolute Gasteiger partial charge is 0.496 e. The van der Waals surface area contributed by atoms with Gasteiger partial charge in [-0.1, -0.05) is 31.0 Å². The quantitative estimate of drug-likeness (QED) is 0.770. The van der Waals surface area contributed by atoms with Crippen LogP contribution >= 0.6 is 0 Å². The van der Waals surface area contributed by atoms with Crippen molar-refractivity contribution in [1.82, 2.24) is 5.32 Å². The predicted octanol–water partition coefficient (Wildman–Crippen LogP) is 2.16. The molecule has 0 aliphatic rings. The number of ether oxygens (including phenoxy) is 1. The minimum Gasteiger partial charge on any atom is -0.496 e. The maximum absolute atomic E-state index is 12.0. The third-order valence-corrected chi connectivity index (χ3v) is 3.32. The molecule has 116 valence electrons. The molecule has 1 aromatic carbocycles. The number of amides is 1. The number of aryl methyl sites for hydroxylation is 1. The van der Waals surface area contributed by atoms with Gasteiger partial charge in [0, 0.05) is 12.1 Å². The second-order valence-corrected chi connectivity index (χ2v) is 5.12. The number of hydrogen-bond acceptors (Lipinski definition) is 3. The number of carbonyl (C=O) groups excluding carboxylic acids is 1. The smallest absolute Gasteiger partial charge is 0.308 e. The first-order valence-corrected chi connectivity index (χ1v) is 7.11. The van der Waals surface area contributed by atoms with Crippen molar-refractivity contribution >= 4 is 11.9 Å². The van der Waals surface area contributed by atoms with Crippen molar-refractivity contribution in [2.24, 2.45) is 5.92 Å². The van der Waals surface area contributed by atoms with Crippen LogP contribution in [0.15, 0.2) is 18.2 Å². The van der Waals surface area contributed by atoms with Gasteiger partial charge in [0.2, 0.25) is 5.91 Å². The Kier molecular flexibility index (Phi) is 6.72. The van der Waals surface area contributed by atoms with E-state index >= 15 is 0 Å².